The summed E-state index contributed by atoms with van der Waals surface area (Å²) in [5, 5.41) is 25.1. The summed E-state index contributed by atoms with van der Waals surface area (Å²) in [6.07, 6.45) is 0. The highest BCUT2D eigenvalue weighted by atomic mass is 31.2. The summed E-state index contributed by atoms with van der Waals surface area (Å²) in [6, 6.07) is 34.5. The third-order valence-corrected chi connectivity index (χ3v) is 9.33. The van der Waals surface area contributed by atoms with E-state index >= 15 is 0 Å². The number of hydrogen-bond acceptors (Lipinski definition) is 3. The van der Waals surface area contributed by atoms with Crippen molar-refractivity contribution in [3.8, 4) is 17.2 Å². The van der Waals surface area contributed by atoms with E-state index in [1.807, 2.05) is 60.7 Å². The lowest BCUT2D eigenvalue weighted by Crippen LogP contribution is -2.38. The van der Waals surface area contributed by atoms with Crippen LogP contribution in [0.25, 0.3) is 0 Å². The minimum Gasteiger partial charge on any atom is -0.504 e. The lowest BCUT2D eigenvalue weighted by atomic mass is 10.3. The van der Waals surface area contributed by atoms with Crippen molar-refractivity contribution in [2.45, 2.75) is 0 Å². The summed E-state index contributed by atoms with van der Waals surface area (Å²) in [5.74, 6) is -0.178. The van der Waals surface area contributed by atoms with Gasteiger partial charge in [0.1, 0.15) is 28.5 Å². The quantitative estimate of drug-likeness (QED) is 0.396. The molecular weight excluding hydrogens is 379 g/mol. The Morgan fingerprint density at radius 3 is 1.38 bits per heavy atom. The molecule has 0 saturated carbocycles. The second-order valence-corrected chi connectivity index (χ2v) is 10.1. The maximum Gasteiger partial charge on any atom is 0.200 e. The van der Waals surface area contributed by atoms with Gasteiger partial charge in [0, 0.05) is 12.1 Å². The zero-order chi connectivity index (χ0) is 20.3. The van der Waals surface area contributed by atoms with Crippen LogP contribution in [-0.2, 0) is 0 Å². The van der Waals surface area contributed by atoms with Gasteiger partial charge in [-0.3, -0.25) is 0 Å². The SMILES string of the molecule is COc1cc([P+](c2ccccc2)(c2ccccc2)c2ccccc2)cc(O)c1O. The molecule has 0 aromatic heterocycles. The van der Waals surface area contributed by atoms with Gasteiger partial charge >= 0.3 is 0 Å². The first kappa shape index (κ1) is 19.0. The van der Waals surface area contributed by atoms with E-state index in [4.69, 9.17) is 4.74 Å². The van der Waals surface area contributed by atoms with E-state index in [1.54, 1.807) is 6.07 Å². The predicted octanol–water partition coefficient (Wildman–Crippen LogP) is 3.73. The van der Waals surface area contributed by atoms with Gasteiger partial charge in [0.05, 0.1) is 7.11 Å². The molecule has 0 heterocycles. The molecule has 0 spiro atoms. The Hall–Kier alpha value is -3.29. The summed E-state index contributed by atoms with van der Waals surface area (Å²) in [4.78, 5) is 0. The normalized spacial score (nSPS) is 11.2. The fraction of sp³-hybridized carbons (Fsp3) is 0.0400. The molecular formula is C25H22O3P+. The number of benzene rings is 4. The molecule has 0 fully saturated rings. The van der Waals surface area contributed by atoms with Crippen molar-refractivity contribution in [1.29, 1.82) is 0 Å². The third kappa shape index (κ3) is 3.24. The Morgan fingerprint density at radius 2 is 1.00 bits per heavy atom. The minimum absolute atomic E-state index is 0.188. The Kier molecular flexibility index (Phi) is 5.24. The average molecular weight is 401 g/mol. The topological polar surface area (TPSA) is 49.7 Å². The maximum absolute atomic E-state index is 10.5. The molecule has 4 aromatic rings. The number of aromatic hydroxyl groups is 2. The number of methoxy groups -OCH3 is 1. The van der Waals surface area contributed by atoms with Gasteiger partial charge in [-0.15, -0.1) is 0 Å². The van der Waals surface area contributed by atoms with Crippen LogP contribution in [0.15, 0.2) is 103 Å². The molecule has 0 aliphatic heterocycles. The van der Waals surface area contributed by atoms with E-state index in [2.05, 4.69) is 36.4 Å². The number of rotatable bonds is 5. The van der Waals surface area contributed by atoms with Crippen LogP contribution < -0.4 is 26.0 Å². The number of ether oxygens (including phenoxy) is 1. The first-order valence-electron chi connectivity index (χ1n) is 9.34. The molecule has 0 atom stereocenters. The van der Waals surface area contributed by atoms with Gasteiger partial charge in [-0.1, -0.05) is 54.6 Å². The molecule has 3 nitrogen and oxygen atoms in total. The van der Waals surface area contributed by atoms with Gasteiger partial charge in [-0.05, 0) is 36.4 Å². The monoisotopic (exact) mass is 401 g/mol. The molecule has 4 heteroatoms. The van der Waals surface area contributed by atoms with Gasteiger partial charge in [-0.25, -0.2) is 0 Å². The summed E-state index contributed by atoms with van der Waals surface area (Å²) in [7, 11) is -0.852. The Bertz CT molecular complexity index is 1000. The van der Waals surface area contributed by atoms with Crippen molar-refractivity contribution < 1.29 is 14.9 Å². The molecule has 4 aromatic carbocycles. The van der Waals surface area contributed by atoms with Gasteiger partial charge in [0.2, 0.25) is 5.75 Å². The zero-order valence-corrected chi connectivity index (χ0v) is 17.0. The zero-order valence-electron chi connectivity index (χ0n) is 16.1. The summed E-state index contributed by atoms with van der Waals surface area (Å²) in [5.41, 5.74) is 0. The van der Waals surface area contributed by atoms with Crippen LogP contribution in [0.2, 0.25) is 0 Å². The predicted molar refractivity (Wildman–Crippen MR) is 121 cm³/mol. The summed E-state index contributed by atoms with van der Waals surface area (Å²) < 4.78 is 5.38. The van der Waals surface area contributed by atoms with Crippen molar-refractivity contribution >= 4 is 28.5 Å². The Balaban J connectivity index is 2.16. The van der Waals surface area contributed by atoms with Crippen molar-refractivity contribution in [3.05, 3.63) is 103 Å². The van der Waals surface area contributed by atoms with Crippen LogP contribution >= 0.6 is 7.26 Å². The average Bonchev–Trinajstić information content (AvgIpc) is 2.79. The molecule has 0 aliphatic carbocycles. The first-order chi connectivity index (χ1) is 14.2. The molecule has 4 rings (SSSR count). The number of phenolic OH excluding ortho intramolecular Hbond substituents is 2. The van der Waals surface area contributed by atoms with E-state index in [0.717, 1.165) is 21.2 Å². The van der Waals surface area contributed by atoms with E-state index in [-0.39, 0.29) is 17.2 Å². The summed E-state index contributed by atoms with van der Waals surface area (Å²) in [6.45, 7) is 0. The van der Waals surface area contributed by atoms with Gasteiger partial charge in [-0.2, -0.15) is 0 Å². The second-order valence-electron chi connectivity index (χ2n) is 6.69. The van der Waals surface area contributed by atoms with Crippen LogP contribution in [-0.4, -0.2) is 17.3 Å². The molecule has 2 N–H and O–H groups in total. The van der Waals surface area contributed by atoms with Crippen molar-refractivity contribution in [2.75, 3.05) is 7.11 Å². The van der Waals surface area contributed by atoms with Crippen LogP contribution in [0, 0.1) is 0 Å². The van der Waals surface area contributed by atoms with Crippen molar-refractivity contribution in [1.82, 2.24) is 0 Å². The molecule has 29 heavy (non-hydrogen) atoms. The third-order valence-electron chi connectivity index (χ3n) is 5.08. The molecule has 144 valence electrons. The smallest absolute Gasteiger partial charge is 0.200 e. The lowest BCUT2D eigenvalue weighted by Gasteiger charge is -2.28. The van der Waals surface area contributed by atoms with Crippen LogP contribution in [0.3, 0.4) is 0 Å². The van der Waals surface area contributed by atoms with E-state index in [1.165, 1.54) is 7.11 Å². The first-order valence-corrected chi connectivity index (χ1v) is 11.1. The fourth-order valence-electron chi connectivity index (χ4n) is 3.78. The highest BCUT2D eigenvalue weighted by Crippen LogP contribution is 2.56. The Morgan fingerprint density at radius 1 is 0.586 bits per heavy atom. The molecule has 0 saturated heterocycles. The standard InChI is InChI=1S/C25H21O3P/c1-28-24-18-22(17-23(26)25(24)27)29(19-11-5-2-6-12-19,20-13-7-3-8-14-20)21-15-9-4-10-16-21/h2-18H,1H3,(H-,26,27)/p+1. The van der Waals surface area contributed by atoms with Crippen LogP contribution in [0.4, 0.5) is 0 Å². The highest BCUT2D eigenvalue weighted by Gasteiger charge is 2.48. The Labute approximate surface area is 171 Å². The molecule has 0 unspecified atom stereocenters. The highest BCUT2D eigenvalue weighted by molar-refractivity contribution is 8.01. The number of hydrogen-bond donors (Lipinski definition) is 2. The molecule has 0 radical (unpaired) electrons. The summed E-state index contributed by atoms with van der Waals surface area (Å²) >= 11 is 0. The van der Waals surface area contributed by atoms with E-state index in [0.29, 0.717) is 0 Å². The maximum atomic E-state index is 10.5. The molecule has 0 bridgehead atoms. The lowest BCUT2D eigenvalue weighted by molar-refractivity contribution is 0.351. The largest absolute Gasteiger partial charge is 0.504 e. The van der Waals surface area contributed by atoms with Crippen LogP contribution in [0.1, 0.15) is 0 Å². The molecule has 0 aliphatic rings. The van der Waals surface area contributed by atoms with E-state index < -0.39 is 7.26 Å². The van der Waals surface area contributed by atoms with Crippen molar-refractivity contribution in [3.63, 3.8) is 0 Å². The van der Waals surface area contributed by atoms with Gasteiger partial charge in [0.25, 0.3) is 0 Å². The van der Waals surface area contributed by atoms with Crippen molar-refractivity contribution in [2.24, 2.45) is 0 Å². The van der Waals surface area contributed by atoms with Gasteiger partial charge < -0.3 is 14.9 Å². The second kappa shape index (κ2) is 7.98. The number of phenols is 2. The van der Waals surface area contributed by atoms with Gasteiger partial charge in [0.15, 0.2) is 11.5 Å². The fourth-order valence-corrected chi connectivity index (χ4v) is 8.05. The molecule has 0 amide bonds. The van der Waals surface area contributed by atoms with E-state index in [9.17, 15) is 10.2 Å². The van der Waals surface area contributed by atoms with Crippen LogP contribution in [0.5, 0.6) is 17.2 Å². The minimum atomic E-state index is -2.34.